The highest BCUT2D eigenvalue weighted by Crippen LogP contribution is 1.82. The molecule has 0 spiro atoms. The average molecular weight is 100 g/mol. The van der Waals surface area contributed by atoms with Crippen molar-refractivity contribution in [1.82, 2.24) is 0 Å². The van der Waals surface area contributed by atoms with Gasteiger partial charge in [-0.3, -0.25) is 0 Å². The SMILES string of the molecule is CC(C)=C[Si]O. The van der Waals surface area contributed by atoms with Crippen molar-refractivity contribution < 1.29 is 4.80 Å². The lowest BCUT2D eigenvalue weighted by Crippen LogP contribution is -1.78. The second-order valence-electron chi connectivity index (χ2n) is 1.35. The summed E-state index contributed by atoms with van der Waals surface area (Å²) >= 11 is 0. The van der Waals surface area contributed by atoms with E-state index in [2.05, 4.69) is 0 Å². The molecule has 0 rings (SSSR count). The van der Waals surface area contributed by atoms with Crippen LogP contribution < -0.4 is 0 Å². The highest BCUT2D eigenvalue weighted by atomic mass is 28.2. The second kappa shape index (κ2) is 3.12. The standard InChI is InChI=1S/C4H8OSi/c1-4(2)3-6-5/h3,5H,1-2H3. The minimum atomic E-state index is -0.0239. The van der Waals surface area contributed by atoms with Crippen molar-refractivity contribution in [3.63, 3.8) is 0 Å². The summed E-state index contributed by atoms with van der Waals surface area (Å²) in [5.41, 5.74) is 2.97. The van der Waals surface area contributed by atoms with E-state index in [1.807, 2.05) is 13.8 Å². The molecule has 0 saturated heterocycles. The number of hydrogen-bond acceptors (Lipinski definition) is 1. The van der Waals surface area contributed by atoms with Gasteiger partial charge in [-0.2, -0.15) is 0 Å². The van der Waals surface area contributed by atoms with Crippen LogP contribution >= 0.6 is 0 Å². The summed E-state index contributed by atoms with van der Waals surface area (Å²) in [6, 6.07) is 0. The molecule has 0 saturated carbocycles. The summed E-state index contributed by atoms with van der Waals surface area (Å²) in [5, 5.41) is 0. The maximum Gasteiger partial charge on any atom is 0.257 e. The van der Waals surface area contributed by atoms with Gasteiger partial charge in [-0.05, 0) is 13.8 Å². The topological polar surface area (TPSA) is 20.2 Å². The highest BCUT2D eigenvalue weighted by molar-refractivity contribution is 6.32. The van der Waals surface area contributed by atoms with Gasteiger partial charge < -0.3 is 4.80 Å². The van der Waals surface area contributed by atoms with Gasteiger partial charge in [0.15, 0.2) is 0 Å². The van der Waals surface area contributed by atoms with E-state index >= 15 is 0 Å². The average Bonchev–Trinajstić information content (AvgIpc) is 1.35. The van der Waals surface area contributed by atoms with Crippen molar-refractivity contribution in [1.29, 1.82) is 0 Å². The van der Waals surface area contributed by atoms with Crippen molar-refractivity contribution in [2.75, 3.05) is 0 Å². The molecule has 0 aliphatic heterocycles. The van der Waals surface area contributed by atoms with E-state index in [4.69, 9.17) is 4.80 Å². The maximum absolute atomic E-state index is 8.19. The van der Waals surface area contributed by atoms with E-state index in [-0.39, 0.29) is 9.76 Å². The summed E-state index contributed by atoms with van der Waals surface area (Å²) in [5.74, 6) is 0. The van der Waals surface area contributed by atoms with E-state index in [1.165, 1.54) is 5.57 Å². The van der Waals surface area contributed by atoms with Crippen LogP contribution in [0.15, 0.2) is 11.3 Å². The van der Waals surface area contributed by atoms with Crippen molar-refractivity contribution in [2.24, 2.45) is 0 Å². The van der Waals surface area contributed by atoms with Crippen molar-refractivity contribution in [3.8, 4) is 0 Å². The van der Waals surface area contributed by atoms with E-state index in [0.717, 1.165) is 0 Å². The fraction of sp³-hybridized carbons (Fsp3) is 0.500. The Morgan fingerprint density at radius 3 is 2.17 bits per heavy atom. The van der Waals surface area contributed by atoms with Gasteiger partial charge in [-0.15, -0.1) is 0 Å². The Labute approximate surface area is 40.6 Å². The fourth-order valence-electron chi connectivity index (χ4n) is 0.129. The molecule has 0 atom stereocenters. The summed E-state index contributed by atoms with van der Waals surface area (Å²) in [6.07, 6.45) is 0. The van der Waals surface area contributed by atoms with Gasteiger partial charge in [-0.1, -0.05) is 11.3 Å². The van der Waals surface area contributed by atoms with Gasteiger partial charge >= 0.3 is 0 Å². The van der Waals surface area contributed by atoms with Gasteiger partial charge in [0.1, 0.15) is 0 Å². The Kier molecular flexibility index (Phi) is 3.08. The smallest absolute Gasteiger partial charge is 0.257 e. The van der Waals surface area contributed by atoms with Crippen LogP contribution in [0.3, 0.4) is 0 Å². The zero-order valence-electron chi connectivity index (χ0n) is 4.02. The highest BCUT2D eigenvalue weighted by Gasteiger charge is 1.71. The van der Waals surface area contributed by atoms with Crippen LogP contribution in [0, 0.1) is 0 Å². The summed E-state index contributed by atoms with van der Waals surface area (Å²) in [6.45, 7) is 3.92. The molecule has 0 heterocycles. The molecule has 1 N–H and O–H groups in total. The van der Waals surface area contributed by atoms with Gasteiger partial charge in [0.25, 0.3) is 9.76 Å². The largest absolute Gasteiger partial charge is 0.428 e. The molecule has 2 heteroatoms. The zero-order valence-corrected chi connectivity index (χ0v) is 5.02. The Morgan fingerprint density at radius 1 is 1.67 bits per heavy atom. The van der Waals surface area contributed by atoms with Gasteiger partial charge in [0.05, 0.1) is 0 Å². The molecule has 0 aromatic heterocycles. The Hall–Kier alpha value is -0.0831. The lowest BCUT2D eigenvalue weighted by Gasteiger charge is -1.77. The predicted octanol–water partition coefficient (Wildman–Crippen LogP) is 0.522. The molecule has 0 amide bonds. The first-order valence-corrected chi connectivity index (χ1v) is 2.83. The minimum Gasteiger partial charge on any atom is -0.428 e. The first kappa shape index (κ1) is 5.92. The fourth-order valence-corrected chi connectivity index (χ4v) is 0.387. The van der Waals surface area contributed by atoms with Crippen LogP contribution in [0.2, 0.25) is 0 Å². The third-order valence-corrected chi connectivity index (χ3v) is 1.06. The van der Waals surface area contributed by atoms with Crippen LogP contribution in [0.1, 0.15) is 13.8 Å². The number of rotatable bonds is 1. The van der Waals surface area contributed by atoms with Crippen LogP contribution in [0.25, 0.3) is 0 Å². The van der Waals surface area contributed by atoms with Gasteiger partial charge in [-0.25, -0.2) is 0 Å². The normalized spacial score (nSPS) is 7.83. The summed E-state index contributed by atoms with van der Waals surface area (Å²) in [7, 11) is -0.0239. The van der Waals surface area contributed by atoms with E-state index in [0.29, 0.717) is 0 Å². The molecule has 0 aromatic carbocycles. The van der Waals surface area contributed by atoms with Gasteiger partial charge in [0.2, 0.25) is 0 Å². The molecule has 1 nitrogen and oxygen atoms in total. The Balaban J connectivity index is 3.14. The molecule has 34 valence electrons. The quantitative estimate of drug-likeness (QED) is 0.476. The molecule has 0 unspecified atom stereocenters. The van der Waals surface area contributed by atoms with E-state index in [1.54, 1.807) is 5.70 Å². The van der Waals surface area contributed by atoms with Crippen LogP contribution in [0.4, 0.5) is 0 Å². The second-order valence-corrected chi connectivity index (χ2v) is 1.90. The predicted molar refractivity (Wildman–Crippen MR) is 27.4 cm³/mol. The Bertz CT molecular complexity index is 54.6. The zero-order chi connectivity index (χ0) is 4.99. The first-order chi connectivity index (χ1) is 2.77. The molecule has 0 fully saturated rings. The maximum atomic E-state index is 8.19. The van der Waals surface area contributed by atoms with Gasteiger partial charge in [0, 0.05) is 0 Å². The Morgan fingerprint density at radius 2 is 2.17 bits per heavy atom. The van der Waals surface area contributed by atoms with E-state index in [9.17, 15) is 0 Å². The lowest BCUT2D eigenvalue weighted by atomic mass is 10.4. The number of hydrogen-bond donors (Lipinski definition) is 1. The monoisotopic (exact) mass is 100 g/mol. The molecule has 0 aliphatic carbocycles. The molecule has 0 aliphatic rings. The van der Waals surface area contributed by atoms with Crippen molar-refractivity contribution in [3.05, 3.63) is 11.3 Å². The molecule has 0 bridgehead atoms. The molecular weight excluding hydrogens is 92.1 g/mol. The molecular formula is C4H8OSi. The van der Waals surface area contributed by atoms with Crippen LogP contribution in [-0.4, -0.2) is 14.6 Å². The minimum absolute atomic E-state index is 0.0239. The first-order valence-electron chi connectivity index (χ1n) is 1.80. The number of allylic oxidation sites excluding steroid dienone is 1. The molecule has 2 radical (unpaired) electrons. The van der Waals surface area contributed by atoms with Crippen molar-refractivity contribution in [2.45, 2.75) is 13.8 Å². The molecule has 6 heavy (non-hydrogen) atoms. The third kappa shape index (κ3) is 3.92. The summed E-state index contributed by atoms with van der Waals surface area (Å²) in [4.78, 5) is 8.19. The van der Waals surface area contributed by atoms with E-state index < -0.39 is 0 Å². The molecule has 0 aromatic rings. The summed E-state index contributed by atoms with van der Waals surface area (Å²) < 4.78 is 0. The third-order valence-electron chi connectivity index (χ3n) is 0.353. The lowest BCUT2D eigenvalue weighted by molar-refractivity contribution is 0.614. The van der Waals surface area contributed by atoms with Crippen LogP contribution in [-0.2, 0) is 0 Å². The van der Waals surface area contributed by atoms with Crippen LogP contribution in [0.5, 0.6) is 0 Å². The van der Waals surface area contributed by atoms with Crippen molar-refractivity contribution >= 4 is 9.76 Å².